The van der Waals surface area contributed by atoms with Crippen molar-refractivity contribution in [1.82, 2.24) is 15.6 Å². The van der Waals surface area contributed by atoms with Gasteiger partial charge < -0.3 is 16.0 Å². The molecule has 0 saturated heterocycles. The zero-order valence-corrected chi connectivity index (χ0v) is 14.9. The van der Waals surface area contributed by atoms with Gasteiger partial charge in [0.15, 0.2) is 0 Å². The summed E-state index contributed by atoms with van der Waals surface area (Å²) in [6, 6.07) is 10.4. The molecule has 0 aliphatic heterocycles. The number of pyridine rings is 1. The van der Waals surface area contributed by atoms with Gasteiger partial charge in [-0.25, -0.2) is 0 Å². The van der Waals surface area contributed by atoms with Crippen molar-refractivity contribution in [3.8, 4) is 0 Å². The number of amides is 3. The molecule has 27 heavy (non-hydrogen) atoms. The number of hydrogen-bond acceptors (Lipinski definition) is 4. The highest BCUT2D eigenvalue weighted by atomic mass is 16.2. The molecule has 1 saturated carbocycles. The molecule has 1 aliphatic carbocycles. The van der Waals surface area contributed by atoms with Crippen molar-refractivity contribution >= 4 is 23.4 Å². The third-order valence-electron chi connectivity index (χ3n) is 4.49. The molecule has 1 aromatic heterocycles. The summed E-state index contributed by atoms with van der Waals surface area (Å²) in [6.07, 6.45) is 7.40. The van der Waals surface area contributed by atoms with E-state index in [0.717, 1.165) is 31.2 Å². The Morgan fingerprint density at radius 3 is 2.52 bits per heavy atom. The van der Waals surface area contributed by atoms with Crippen LogP contribution in [0.2, 0.25) is 0 Å². The Labute approximate surface area is 157 Å². The van der Waals surface area contributed by atoms with E-state index in [4.69, 9.17) is 0 Å². The van der Waals surface area contributed by atoms with Crippen LogP contribution in [0.3, 0.4) is 0 Å². The van der Waals surface area contributed by atoms with Crippen molar-refractivity contribution in [3.05, 3.63) is 59.9 Å². The lowest BCUT2D eigenvalue weighted by Gasteiger charge is -2.15. The van der Waals surface area contributed by atoms with E-state index in [2.05, 4.69) is 20.9 Å². The van der Waals surface area contributed by atoms with Gasteiger partial charge in [0, 0.05) is 25.0 Å². The largest absolute Gasteiger partial charge is 0.349 e. The fourth-order valence-corrected chi connectivity index (χ4v) is 3.07. The summed E-state index contributed by atoms with van der Waals surface area (Å²) in [4.78, 5) is 40.7. The molecule has 7 heteroatoms. The van der Waals surface area contributed by atoms with E-state index in [-0.39, 0.29) is 18.5 Å². The lowest BCUT2D eigenvalue weighted by molar-refractivity contribution is -0.136. The van der Waals surface area contributed by atoms with Crippen LogP contribution in [-0.4, -0.2) is 28.7 Å². The molecule has 3 amide bonds. The first kappa shape index (κ1) is 18.6. The summed E-state index contributed by atoms with van der Waals surface area (Å²) in [5.74, 6) is -1.83. The molecule has 7 nitrogen and oxygen atoms in total. The highest BCUT2D eigenvalue weighted by molar-refractivity contribution is 6.40. The van der Waals surface area contributed by atoms with E-state index >= 15 is 0 Å². The van der Waals surface area contributed by atoms with Crippen LogP contribution in [0.5, 0.6) is 0 Å². The molecular formula is C20H22N4O3. The minimum absolute atomic E-state index is 0.170. The zero-order valence-electron chi connectivity index (χ0n) is 14.9. The minimum Gasteiger partial charge on any atom is -0.349 e. The lowest BCUT2D eigenvalue weighted by atomic mass is 10.1. The SMILES string of the molecule is O=C(NCc1cccnc1)C(=O)Nc1ccccc1C(=O)NC1CCCC1. The molecular weight excluding hydrogens is 344 g/mol. The quantitative estimate of drug-likeness (QED) is 0.705. The second-order valence-corrected chi connectivity index (χ2v) is 6.50. The molecule has 2 aromatic rings. The Balaban J connectivity index is 1.60. The van der Waals surface area contributed by atoms with Gasteiger partial charge in [-0.05, 0) is 36.6 Å². The Bertz CT molecular complexity index is 817. The number of nitrogens with one attached hydrogen (secondary N) is 3. The summed E-state index contributed by atoms with van der Waals surface area (Å²) < 4.78 is 0. The number of hydrogen-bond donors (Lipinski definition) is 3. The van der Waals surface area contributed by atoms with E-state index in [1.165, 1.54) is 0 Å². The number of carbonyl (C=O) groups is 3. The highest BCUT2D eigenvalue weighted by Gasteiger charge is 2.21. The van der Waals surface area contributed by atoms with E-state index in [1.54, 1.807) is 48.8 Å². The van der Waals surface area contributed by atoms with E-state index in [0.29, 0.717) is 11.3 Å². The number of aromatic nitrogens is 1. The monoisotopic (exact) mass is 366 g/mol. The summed E-state index contributed by atoms with van der Waals surface area (Å²) in [7, 11) is 0. The number of benzene rings is 1. The molecule has 1 fully saturated rings. The molecule has 0 unspecified atom stereocenters. The van der Waals surface area contributed by atoms with Crippen LogP contribution in [0.15, 0.2) is 48.8 Å². The third-order valence-corrected chi connectivity index (χ3v) is 4.49. The third kappa shape index (κ3) is 5.13. The van der Waals surface area contributed by atoms with Crippen molar-refractivity contribution in [2.45, 2.75) is 38.3 Å². The average molecular weight is 366 g/mol. The van der Waals surface area contributed by atoms with Crippen LogP contribution >= 0.6 is 0 Å². The maximum Gasteiger partial charge on any atom is 0.313 e. The van der Waals surface area contributed by atoms with Gasteiger partial charge in [0.2, 0.25) is 0 Å². The van der Waals surface area contributed by atoms with Crippen molar-refractivity contribution < 1.29 is 14.4 Å². The maximum absolute atomic E-state index is 12.5. The van der Waals surface area contributed by atoms with Crippen molar-refractivity contribution in [2.24, 2.45) is 0 Å². The van der Waals surface area contributed by atoms with Crippen LogP contribution in [0.25, 0.3) is 0 Å². The number of carbonyl (C=O) groups excluding carboxylic acids is 3. The van der Waals surface area contributed by atoms with Crippen LogP contribution < -0.4 is 16.0 Å². The Hall–Kier alpha value is -3.22. The first-order chi connectivity index (χ1) is 13.1. The fraction of sp³-hybridized carbons (Fsp3) is 0.300. The van der Waals surface area contributed by atoms with Gasteiger partial charge >= 0.3 is 11.8 Å². The van der Waals surface area contributed by atoms with Crippen molar-refractivity contribution in [3.63, 3.8) is 0 Å². The number of rotatable bonds is 5. The van der Waals surface area contributed by atoms with Crippen molar-refractivity contribution in [2.75, 3.05) is 5.32 Å². The van der Waals surface area contributed by atoms with E-state index in [1.807, 2.05) is 0 Å². The van der Waals surface area contributed by atoms with Crippen LogP contribution in [0.4, 0.5) is 5.69 Å². The summed E-state index contributed by atoms with van der Waals surface area (Å²) >= 11 is 0. The van der Waals surface area contributed by atoms with Crippen LogP contribution in [0, 0.1) is 0 Å². The fourth-order valence-electron chi connectivity index (χ4n) is 3.07. The molecule has 0 spiro atoms. The zero-order chi connectivity index (χ0) is 19.1. The molecule has 0 atom stereocenters. The predicted molar refractivity (Wildman–Crippen MR) is 101 cm³/mol. The summed E-state index contributed by atoms with van der Waals surface area (Å²) in [5.41, 5.74) is 1.45. The molecule has 3 N–H and O–H groups in total. The second kappa shape index (κ2) is 8.93. The van der Waals surface area contributed by atoms with E-state index < -0.39 is 11.8 Å². The molecule has 3 rings (SSSR count). The normalized spacial score (nSPS) is 13.8. The molecule has 1 aliphatic rings. The second-order valence-electron chi connectivity index (χ2n) is 6.50. The van der Waals surface area contributed by atoms with Gasteiger partial charge in [-0.15, -0.1) is 0 Å². The molecule has 1 heterocycles. The molecule has 0 radical (unpaired) electrons. The molecule has 140 valence electrons. The topological polar surface area (TPSA) is 100 Å². The molecule has 1 aromatic carbocycles. The Morgan fingerprint density at radius 2 is 1.78 bits per heavy atom. The first-order valence-corrected chi connectivity index (χ1v) is 9.01. The van der Waals surface area contributed by atoms with Gasteiger partial charge in [-0.1, -0.05) is 31.0 Å². The Morgan fingerprint density at radius 1 is 1.00 bits per heavy atom. The van der Waals surface area contributed by atoms with Gasteiger partial charge in [0.1, 0.15) is 0 Å². The smallest absolute Gasteiger partial charge is 0.313 e. The number of anilines is 1. The predicted octanol–water partition coefficient (Wildman–Crippen LogP) is 2.01. The lowest BCUT2D eigenvalue weighted by Crippen LogP contribution is -2.36. The van der Waals surface area contributed by atoms with Gasteiger partial charge in [-0.2, -0.15) is 0 Å². The number of para-hydroxylation sites is 1. The standard InChI is InChI=1S/C20H22N4O3/c25-18(23-15-7-1-2-8-15)16-9-3-4-10-17(16)24-20(27)19(26)22-13-14-6-5-11-21-12-14/h3-6,9-12,15H,1-2,7-8,13H2,(H,22,26)(H,23,25)(H,24,27). The van der Waals surface area contributed by atoms with Crippen molar-refractivity contribution in [1.29, 1.82) is 0 Å². The highest BCUT2D eigenvalue weighted by Crippen LogP contribution is 2.20. The summed E-state index contributed by atoms with van der Waals surface area (Å²) in [6.45, 7) is 0.198. The van der Waals surface area contributed by atoms with Crippen LogP contribution in [-0.2, 0) is 16.1 Å². The number of nitrogens with zero attached hydrogens (tertiary/aromatic N) is 1. The van der Waals surface area contributed by atoms with Gasteiger partial charge in [0.25, 0.3) is 5.91 Å². The Kier molecular flexibility index (Phi) is 6.14. The van der Waals surface area contributed by atoms with E-state index in [9.17, 15) is 14.4 Å². The maximum atomic E-state index is 12.5. The summed E-state index contributed by atoms with van der Waals surface area (Å²) in [5, 5.41) is 8.05. The van der Waals surface area contributed by atoms with Crippen LogP contribution in [0.1, 0.15) is 41.6 Å². The van der Waals surface area contributed by atoms with Gasteiger partial charge in [-0.3, -0.25) is 19.4 Å². The first-order valence-electron chi connectivity index (χ1n) is 9.01. The minimum atomic E-state index is -0.819. The molecule has 0 bridgehead atoms. The average Bonchev–Trinajstić information content (AvgIpc) is 3.20. The van der Waals surface area contributed by atoms with Gasteiger partial charge in [0.05, 0.1) is 11.3 Å².